The Hall–Kier alpha value is -3.79. The van der Waals surface area contributed by atoms with Crippen LogP contribution in [0.5, 0.6) is 0 Å². The Bertz CT molecular complexity index is 1630. The van der Waals surface area contributed by atoms with E-state index >= 15 is 0 Å². The molecule has 5 rings (SSSR count). The van der Waals surface area contributed by atoms with E-state index in [9.17, 15) is 18.4 Å². The molecule has 214 valence electrons. The van der Waals surface area contributed by atoms with Gasteiger partial charge in [-0.3, -0.25) is 18.8 Å². The summed E-state index contributed by atoms with van der Waals surface area (Å²) in [4.78, 5) is 31.8. The highest BCUT2D eigenvalue weighted by Crippen LogP contribution is 2.21. The SMILES string of the molecule is Cc1c(N2CCN(Cc3cccc(Cl)c3)CC2)c(=O)n(C[C@H](N)c2ccccc2)c(=O)n1Cc1c(F)cccc1F. The first-order chi connectivity index (χ1) is 19.7. The first-order valence-corrected chi connectivity index (χ1v) is 13.9. The van der Waals surface area contributed by atoms with Crippen molar-refractivity contribution in [2.75, 3.05) is 31.1 Å². The number of piperazine rings is 1. The lowest BCUT2D eigenvalue weighted by Crippen LogP contribution is -2.51. The highest BCUT2D eigenvalue weighted by atomic mass is 35.5. The molecule has 1 aromatic heterocycles. The molecule has 0 bridgehead atoms. The van der Waals surface area contributed by atoms with Crippen LogP contribution in [-0.4, -0.2) is 40.2 Å². The summed E-state index contributed by atoms with van der Waals surface area (Å²) in [6, 6.07) is 19.8. The van der Waals surface area contributed by atoms with Gasteiger partial charge in [0.05, 0.1) is 13.1 Å². The monoisotopic (exact) mass is 579 g/mol. The molecule has 10 heteroatoms. The maximum Gasteiger partial charge on any atom is 0.331 e. The molecule has 7 nitrogen and oxygen atoms in total. The van der Waals surface area contributed by atoms with Crippen molar-refractivity contribution in [2.45, 2.75) is 32.6 Å². The number of halogens is 3. The van der Waals surface area contributed by atoms with Crippen LogP contribution < -0.4 is 21.9 Å². The second-order valence-electron chi connectivity index (χ2n) is 10.3. The molecule has 1 aliphatic rings. The highest BCUT2D eigenvalue weighted by Gasteiger charge is 2.26. The smallest absolute Gasteiger partial charge is 0.331 e. The van der Waals surface area contributed by atoms with Crippen LogP contribution in [0.4, 0.5) is 14.5 Å². The molecule has 0 saturated carbocycles. The number of nitrogens with two attached hydrogens (primary N) is 1. The molecule has 1 saturated heterocycles. The molecule has 4 aromatic rings. The second-order valence-corrected chi connectivity index (χ2v) is 10.8. The Morgan fingerprint density at radius 1 is 0.854 bits per heavy atom. The third-order valence-electron chi connectivity index (χ3n) is 7.63. The molecule has 0 amide bonds. The summed E-state index contributed by atoms with van der Waals surface area (Å²) in [5, 5.41) is 0.680. The lowest BCUT2D eigenvalue weighted by atomic mass is 10.1. The van der Waals surface area contributed by atoms with E-state index in [2.05, 4.69) is 4.90 Å². The van der Waals surface area contributed by atoms with E-state index in [1.165, 1.54) is 10.6 Å². The highest BCUT2D eigenvalue weighted by molar-refractivity contribution is 6.30. The second kappa shape index (κ2) is 12.4. The molecule has 2 heterocycles. The van der Waals surface area contributed by atoms with Gasteiger partial charge < -0.3 is 10.6 Å². The molecule has 2 N–H and O–H groups in total. The van der Waals surface area contributed by atoms with Crippen molar-refractivity contribution < 1.29 is 8.78 Å². The fourth-order valence-corrected chi connectivity index (χ4v) is 5.58. The van der Waals surface area contributed by atoms with E-state index in [0.29, 0.717) is 42.6 Å². The van der Waals surface area contributed by atoms with Gasteiger partial charge in [-0.1, -0.05) is 60.1 Å². The van der Waals surface area contributed by atoms with Gasteiger partial charge in [0.2, 0.25) is 0 Å². The average Bonchev–Trinajstić information content (AvgIpc) is 2.96. The quantitative estimate of drug-likeness (QED) is 0.336. The zero-order chi connectivity index (χ0) is 29.1. The van der Waals surface area contributed by atoms with Gasteiger partial charge in [0.15, 0.2) is 0 Å². The summed E-state index contributed by atoms with van der Waals surface area (Å²) in [5.41, 5.74) is 7.61. The van der Waals surface area contributed by atoms with Gasteiger partial charge in [-0.05, 0) is 42.3 Å². The van der Waals surface area contributed by atoms with Crippen LogP contribution in [0.25, 0.3) is 0 Å². The number of hydrogen-bond acceptors (Lipinski definition) is 5. The third-order valence-corrected chi connectivity index (χ3v) is 7.86. The van der Waals surface area contributed by atoms with Crippen LogP contribution in [-0.2, 0) is 19.6 Å². The van der Waals surface area contributed by atoms with E-state index in [1.54, 1.807) is 6.92 Å². The Kier molecular flexibility index (Phi) is 8.68. The van der Waals surface area contributed by atoms with E-state index < -0.39 is 28.9 Å². The van der Waals surface area contributed by atoms with E-state index in [4.69, 9.17) is 17.3 Å². The largest absolute Gasteiger partial charge is 0.363 e. The van der Waals surface area contributed by atoms with E-state index in [-0.39, 0.29) is 18.7 Å². The van der Waals surface area contributed by atoms with Gasteiger partial charge in [0.25, 0.3) is 5.56 Å². The molecule has 0 spiro atoms. The van der Waals surface area contributed by atoms with Crippen LogP contribution in [0.2, 0.25) is 5.02 Å². The number of anilines is 1. The fraction of sp³-hybridized carbons (Fsp3) is 0.290. The molecule has 1 aliphatic heterocycles. The molecule has 1 atom stereocenters. The fourth-order valence-electron chi connectivity index (χ4n) is 5.36. The van der Waals surface area contributed by atoms with Crippen LogP contribution in [0.3, 0.4) is 0 Å². The van der Waals surface area contributed by atoms with Crippen LogP contribution in [0, 0.1) is 18.6 Å². The minimum Gasteiger partial charge on any atom is -0.363 e. The van der Waals surface area contributed by atoms with E-state index in [0.717, 1.165) is 34.4 Å². The van der Waals surface area contributed by atoms with Crippen LogP contribution >= 0.6 is 11.6 Å². The first-order valence-electron chi connectivity index (χ1n) is 13.5. The summed E-state index contributed by atoms with van der Waals surface area (Å²) >= 11 is 6.15. The number of aromatic nitrogens is 2. The zero-order valence-electron chi connectivity index (χ0n) is 22.8. The van der Waals surface area contributed by atoms with Crippen LogP contribution in [0.1, 0.15) is 28.4 Å². The Balaban J connectivity index is 1.50. The molecule has 0 radical (unpaired) electrons. The van der Waals surface area contributed by atoms with Gasteiger partial charge in [-0.15, -0.1) is 0 Å². The van der Waals surface area contributed by atoms with Gasteiger partial charge >= 0.3 is 5.69 Å². The number of rotatable bonds is 8. The van der Waals surface area contributed by atoms with Gasteiger partial charge in [-0.25, -0.2) is 13.6 Å². The van der Waals surface area contributed by atoms with E-state index in [1.807, 2.05) is 59.5 Å². The van der Waals surface area contributed by atoms with Crippen molar-refractivity contribution in [3.05, 3.63) is 133 Å². The molecular weight excluding hydrogens is 548 g/mol. The van der Waals surface area contributed by atoms with Crippen molar-refractivity contribution in [2.24, 2.45) is 5.73 Å². The zero-order valence-corrected chi connectivity index (χ0v) is 23.5. The lowest BCUT2D eigenvalue weighted by Gasteiger charge is -2.37. The number of hydrogen-bond donors (Lipinski definition) is 1. The minimum absolute atomic E-state index is 0.0799. The van der Waals surface area contributed by atoms with Crippen LogP contribution in [0.15, 0.2) is 82.4 Å². The summed E-state index contributed by atoms with van der Waals surface area (Å²) < 4.78 is 31.7. The Morgan fingerprint density at radius 3 is 2.17 bits per heavy atom. The lowest BCUT2D eigenvalue weighted by molar-refractivity contribution is 0.249. The Morgan fingerprint density at radius 2 is 1.51 bits per heavy atom. The summed E-state index contributed by atoms with van der Waals surface area (Å²) in [5.74, 6) is -1.52. The number of nitrogens with zero attached hydrogens (tertiary/aromatic N) is 4. The summed E-state index contributed by atoms with van der Waals surface area (Å²) in [6.07, 6.45) is 0. The summed E-state index contributed by atoms with van der Waals surface area (Å²) in [7, 11) is 0. The predicted octanol–water partition coefficient (Wildman–Crippen LogP) is 4.32. The molecule has 1 fully saturated rings. The van der Waals surface area contributed by atoms with Crippen molar-refractivity contribution in [1.29, 1.82) is 0 Å². The summed E-state index contributed by atoms with van der Waals surface area (Å²) in [6.45, 7) is 4.36. The third kappa shape index (κ3) is 6.27. The molecule has 0 unspecified atom stereocenters. The maximum atomic E-state index is 14.6. The van der Waals surface area contributed by atoms with Crippen molar-refractivity contribution in [3.8, 4) is 0 Å². The van der Waals surface area contributed by atoms with Gasteiger partial charge in [0, 0.05) is 55.0 Å². The van der Waals surface area contributed by atoms with Gasteiger partial charge in [0.1, 0.15) is 17.3 Å². The molecular formula is C31H32ClF2N5O2. The number of benzene rings is 3. The average molecular weight is 580 g/mol. The standard InChI is InChI=1S/C31H32ClF2N5O2/c1-21-29(37-15-13-36(14-16-37)18-22-7-5-10-24(32)17-22)30(40)39(20-28(35)23-8-3-2-4-9-23)31(41)38(21)19-25-26(33)11-6-12-27(25)34/h2-12,17,28H,13-16,18-20,35H2,1H3/t28-/m0/s1. The minimum atomic E-state index is -0.758. The Labute approximate surface area is 242 Å². The normalized spacial score (nSPS) is 14.8. The van der Waals surface area contributed by atoms with Crippen molar-refractivity contribution in [3.63, 3.8) is 0 Å². The molecule has 3 aromatic carbocycles. The van der Waals surface area contributed by atoms with Gasteiger partial charge in [-0.2, -0.15) is 0 Å². The predicted molar refractivity (Wildman–Crippen MR) is 157 cm³/mol. The first kappa shape index (κ1) is 28.7. The molecule has 41 heavy (non-hydrogen) atoms. The topological polar surface area (TPSA) is 76.5 Å². The van der Waals surface area contributed by atoms with Crippen molar-refractivity contribution >= 4 is 17.3 Å². The molecule has 0 aliphatic carbocycles. The van der Waals surface area contributed by atoms with Crippen molar-refractivity contribution in [1.82, 2.24) is 14.0 Å². The maximum absolute atomic E-state index is 14.6.